The van der Waals surface area contributed by atoms with Crippen molar-refractivity contribution in [2.75, 3.05) is 0 Å². The van der Waals surface area contributed by atoms with Gasteiger partial charge in [-0.15, -0.1) is 0 Å². The predicted octanol–water partition coefficient (Wildman–Crippen LogP) is 2.29. The van der Waals surface area contributed by atoms with Gasteiger partial charge in [-0.1, -0.05) is 0 Å². The molecule has 0 aliphatic carbocycles. The van der Waals surface area contributed by atoms with E-state index in [0.29, 0.717) is 0 Å². The van der Waals surface area contributed by atoms with Crippen molar-refractivity contribution in [2.45, 2.75) is 6.18 Å². The van der Waals surface area contributed by atoms with Crippen molar-refractivity contribution in [3.8, 4) is 5.75 Å². The molecule has 0 saturated heterocycles. The first kappa shape index (κ1) is 11.2. The molecule has 0 aliphatic heterocycles. The number of phenols is 1. The summed E-state index contributed by atoms with van der Waals surface area (Å²) in [7, 11) is 0. The van der Waals surface area contributed by atoms with Gasteiger partial charge in [0.2, 0.25) is 0 Å². The van der Waals surface area contributed by atoms with E-state index in [0.717, 1.165) is 18.2 Å². The number of rotatable bonds is 0. The SMILES string of the molecule is O=C(O)n1nc(C(F)(F)F)c2ccc(O)cc21. The first-order chi connectivity index (χ1) is 7.80. The summed E-state index contributed by atoms with van der Waals surface area (Å²) in [6.07, 6.45) is -6.41. The second-order valence-corrected chi connectivity index (χ2v) is 3.24. The van der Waals surface area contributed by atoms with Crippen LogP contribution in [0.4, 0.5) is 18.0 Å². The summed E-state index contributed by atoms with van der Waals surface area (Å²) in [6, 6.07) is 2.91. The average molecular weight is 246 g/mol. The van der Waals surface area contributed by atoms with Crippen molar-refractivity contribution in [1.82, 2.24) is 9.78 Å². The van der Waals surface area contributed by atoms with E-state index in [2.05, 4.69) is 5.10 Å². The zero-order valence-corrected chi connectivity index (χ0v) is 8.06. The van der Waals surface area contributed by atoms with Gasteiger partial charge in [0.15, 0.2) is 5.69 Å². The first-order valence-electron chi connectivity index (χ1n) is 4.33. The Morgan fingerprint density at radius 1 is 1.35 bits per heavy atom. The lowest BCUT2D eigenvalue weighted by Gasteiger charge is -2.01. The van der Waals surface area contributed by atoms with Crippen LogP contribution >= 0.6 is 0 Å². The van der Waals surface area contributed by atoms with Crippen LogP contribution in [0.15, 0.2) is 18.2 Å². The molecule has 1 heterocycles. The van der Waals surface area contributed by atoms with Crippen LogP contribution < -0.4 is 0 Å². The lowest BCUT2D eigenvalue weighted by atomic mass is 10.2. The molecule has 5 nitrogen and oxygen atoms in total. The van der Waals surface area contributed by atoms with E-state index < -0.39 is 18.0 Å². The van der Waals surface area contributed by atoms with E-state index >= 15 is 0 Å². The minimum Gasteiger partial charge on any atom is -0.508 e. The fourth-order valence-electron chi connectivity index (χ4n) is 1.46. The van der Waals surface area contributed by atoms with Gasteiger partial charge in [0.1, 0.15) is 5.75 Å². The number of phenolic OH excluding ortho intramolecular Hbond substituents is 1. The zero-order chi connectivity index (χ0) is 12.8. The molecule has 0 aliphatic rings. The molecule has 0 unspecified atom stereocenters. The maximum absolute atomic E-state index is 12.6. The van der Waals surface area contributed by atoms with Crippen LogP contribution in [0, 0.1) is 0 Å². The zero-order valence-electron chi connectivity index (χ0n) is 8.06. The third kappa shape index (κ3) is 1.77. The quantitative estimate of drug-likeness (QED) is 0.747. The largest absolute Gasteiger partial charge is 0.508 e. The predicted molar refractivity (Wildman–Crippen MR) is 49.8 cm³/mol. The molecule has 1 aromatic carbocycles. The van der Waals surface area contributed by atoms with Gasteiger partial charge in [0.25, 0.3) is 0 Å². The molecular weight excluding hydrogens is 241 g/mol. The highest BCUT2D eigenvalue weighted by Gasteiger charge is 2.37. The molecular formula is C9H5F3N2O3. The lowest BCUT2D eigenvalue weighted by molar-refractivity contribution is -0.140. The summed E-state index contributed by atoms with van der Waals surface area (Å²) in [5, 5.41) is 20.4. The number of aromatic nitrogens is 2. The molecule has 0 bridgehead atoms. The van der Waals surface area contributed by atoms with Crippen LogP contribution in [0.1, 0.15) is 5.69 Å². The van der Waals surface area contributed by atoms with Crippen LogP contribution in [-0.2, 0) is 6.18 Å². The molecule has 0 atom stereocenters. The number of benzene rings is 1. The third-order valence-corrected chi connectivity index (χ3v) is 2.11. The Bertz CT molecular complexity index is 603. The maximum Gasteiger partial charge on any atom is 0.435 e. The number of nitrogens with zero attached hydrogens (tertiary/aromatic N) is 2. The number of fused-ring (bicyclic) bond motifs is 1. The minimum atomic E-state index is -4.75. The monoisotopic (exact) mass is 246 g/mol. The van der Waals surface area contributed by atoms with E-state index in [-0.39, 0.29) is 21.3 Å². The topological polar surface area (TPSA) is 75.3 Å². The number of hydrogen-bond acceptors (Lipinski definition) is 3. The van der Waals surface area contributed by atoms with E-state index in [1.807, 2.05) is 0 Å². The van der Waals surface area contributed by atoms with Crippen molar-refractivity contribution < 1.29 is 28.2 Å². The molecule has 2 aromatic rings. The molecule has 17 heavy (non-hydrogen) atoms. The van der Waals surface area contributed by atoms with Gasteiger partial charge in [0, 0.05) is 11.5 Å². The maximum atomic E-state index is 12.6. The van der Waals surface area contributed by atoms with Crippen LogP contribution in [0.25, 0.3) is 10.9 Å². The number of hydrogen-bond donors (Lipinski definition) is 2. The summed E-state index contributed by atoms with van der Waals surface area (Å²) in [6.45, 7) is 0. The van der Waals surface area contributed by atoms with Crippen molar-refractivity contribution in [2.24, 2.45) is 0 Å². The van der Waals surface area contributed by atoms with Crippen LogP contribution in [0.5, 0.6) is 5.75 Å². The second kappa shape index (κ2) is 3.37. The molecule has 2 N–H and O–H groups in total. The summed E-state index contributed by atoms with van der Waals surface area (Å²) in [4.78, 5) is 10.7. The Morgan fingerprint density at radius 3 is 2.53 bits per heavy atom. The average Bonchev–Trinajstić information content (AvgIpc) is 2.55. The van der Waals surface area contributed by atoms with Gasteiger partial charge in [-0.2, -0.15) is 23.0 Å². The summed E-state index contributed by atoms with van der Waals surface area (Å²) in [5.74, 6) is -0.339. The van der Waals surface area contributed by atoms with Crippen LogP contribution in [0.3, 0.4) is 0 Å². The smallest absolute Gasteiger partial charge is 0.435 e. The van der Waals surface area contributed by atoms with E-state index in [4.69, 9.17) is 10.2 Å². The van der Waals surface area contributed by atoms with Crippen LogP contribution in [0.2, 0.25) is 0 Å². The van der Waals surface area contributed by atoms with Gasteiger partial charge in [-0.3, -0.25) is 0 Å². The highest BCUT2D eigenvalue weighted by Crippen LogP contribution is 2.34. The normalized spacial score (nSPS) is 11.9. The molecule has 0 radical (unpaired) electrons. The van der Waals surface area contributed by atoms with Crippen molar-refractivity contribution in [3.63, 3.8) is 0 Å². The van der Waals surface area contributed by atoms with Gasteiger partial charge >= 0.3 is 12.3 Å². The minimum absolute atomic E-state index is 0.178. The van der Waals surface area contributed by atoms with Gasteiger partial charge in [-0.25, -0.2) is 4.79 Å². The standard InChI is InChI=1S/C9H5F3N2O3/c10-9(11,12)7-5-2-1-4(15)3-6(5)14(13-7)8(16)17/h1-3,15H,(H,16,17). The Hall–Kier alpha value is -2.25. The molecule has 0 fully saturated rings. The molecule has 0 amide bonds. The fraction of sp³-hybridized carbons (Fsp3) is 0.111. The molecule has 8 heteroatoms. The van der Waals surface area contributed by atoms with E-state index in [1.165, 1.54) is 0 Å². The third-order valence-electron chi connectivity index (χ3n) is 2.11. The highest BCUT2D eigenvalue weighted by atomic mass is 19.4. The number of alkyl halides is 3. The molecule has 0 saturated carbocycles. The summed E-state index contributed by atoms with van der Waals surface area (Å²) < 4.78 is 37.9. The molecule has 0 spiro atoms. The van der Waals surface area contributed by atoms with E-state index in [9.17, 15) is 18.0 Å². The summed E-state index contributed by atoms with van der Waals surface area (Å²) >= 11 is 0. The Kier molecular flexibility index (Phi) is 2.23. The highest BCUT2D eigenvalue weighted by molar-refractivity contribution is 5.90. The Morgan fingerprint density at radius 2 is 2.00 bits per heavy atom. The molecule has 90 valence electrons. The Labute approximate surface area is 91.7 Å². The van der Waals surface area contributed by atoms with Gasteiger partial charge in [0.05, 0.1) is 5.52 Å². The molecule has 1 aromatic heterocycles. The molecule has 2 rings (SSSR count). The Balaban J connectivity index is 2.85. The summed E-state index contributed by atoms with van der Waals surface area (Å²) in [5.41, 5.74) is -1.61. The number of carbonyl (C=O) groups is 1. The van der Waals surface area contributed by atoms with Crippen molar-refractivity contribution >= 4 is 17.0 Å². The number of aromatic hydroxyl groups is 1. The number of carboxylic acid groups (broad SMARTS) is 1. The second-order valence-electron chi connectivity index (χ2n) is 3.24. The van der Waals surface area contributed by atoms with Crippen LogP contribution in [-0.4, -0.2) is 26.1 Å². The van der Waals surface area contributed by atoms with Crippen molar-refractivity contribution in [3.05, 3.63) is 23.9 Å². The fourth-order valence-corrected chi connectivity index (χ4v) is 1.46. The van der Waals surface area contributed by atoms with Gasteiger partial charge in [-0.05, 0) is 12.1 Å². The first-order valence-corrected chi connectivity index (χ1v) is 4.33. The lowest BCUT2D eigenvalue weighted by Crippen LogP contribution is -2.12. The van der Waals surface area contributed by atoms with Gasteiger partial charge < -0.3 is 10.2 Å². The van der Waals surface area contributed by atoms with E-state index in [1.54, 1.807) is 0 Å². The van der Waals surface area contributed by atoms with Crippen molar-refractivity contribution in [1.29, 1.82) is 0 Å². The number of halogens is 3.